The molecule has 0 saturated carbocycles. The molecule has 1 fully saturated rings. The summed E-state index contributed by atoms with van der Waals surface area (Å²) in [7, 11) is 0. The van der Waals surface area contributed by atoms with Crippen LogP contribution in [0.25, 0.3) is 10.8 Å². The summed E-state index contributed by atoms with van der Waals surface area (Å²) in [5.41, 5.74) is 1.60. The number of nitrogens with zero attached hydrogens (tertiary/aromatic N) is 1. The van der Waals surface area contributed by atoms with Gasteiger partial charge in [0.2, 0.25) is 0 Å². The lowest BCUT2D eigenvalue weighted by Gasteiger charge is -2.24. The van der Waals surface area contributed by atoms with E-state index in [-0.39, 0.29) is 12.4 Å². The minimum absolute atomic E-state index is 0. The van der Waals surface area contributed by atoms with Crippen LogP contribution in [0.4, 0.5) is 0 Å². The van der Waals surface area contributed by atoms with E-state index in [0.29, 0.717) is 6.54 Å². The van der Waals surface area contributed by atoms with E-state index in [4.69, 9.17) is 0 Å². The molecule has 0 spiro atoms. The zero-order chi connectivity index (χ0) is 15.7. The Hall–Kier alpha value is -1.87. The Balaban J connectivity index is 0.00000169. The molecular weight excluding hydrogens is 318 g/mol. The first-order valence-corrected chi connectivity index (χ1v) is 8.21. The molecule has 3 heteroatoms. The van der Waals surface area contributed by atoms with Crippen LogP contribution >= 0.6 is 0 Å². The number of β-amino-alcohol motifs (C(OH)–C–C–N with tert-alkyl or cyclic N) is 1. The Morgan fingerprint density at radius 3 is 2.38 bits per heavy atom. The van der Waals surface area contributed by atoms with Gasteiger partial charge in [-0.3, -0.25) is 4.90 Å². The normalized spacial score (nSPS) is 20.9. The first-order valence-electron chi connectivity index (χ1n) is 8.21. The maximum absolute atomic E-state index is 11.1. The lowest BCUT2D eigenvalue weighted by molar-refractivity contribution is -0.0000130. The molecule has 1 aliphatic heterocycles. The number of halogens is 1. The smallest absolute Gasteiger partial charge is 0.103 e. The second-order valence-corrected chi connectivity index (χ2v) is 6.54. The first-order chi connectivity index (χ1) is 11.2. The molecule has 4 rings (SSSR count). The van der Waals surface area contributed by atoms with E-state index in [1.807, 2.05) is 18.2 Å². The molecule has 1 unspecified atom stereocenters. The van der Waals surface area contributed by atoms with Crippen LogP contribution < -0.4 is 12.4 Å². The monoisotopic (exact) mass is 338 g/mol. The van der Waals surface area contributed by atoms with Crippen LogP contribution in [-0.2, 0) is 12.1 Å². The maximum Gasteiger partial charge on any atom is 0.103 e. The summed E-state index contributed by atoms with van der Waals surface area (Å²) in [5.74, 6) is 0. The molecule has 124 valence electrons. The van der Waals surface area contributed by atoms with Gasteiger partial charge >= 0.3 is 0 Å². The molecule has 1 atom stereocenters. The van der Waals surface area contributed by atoms with Crippen molar-refractivity contribution in [1.29, 1.82) is 0 Å². The number of likely N-dealkylation sites (tertiary alicyclic amines) is 1. The number of hydrogen-bond acceptors (Lipinski definition) is 2. The minimum atomic E-state index is -0.737. The molecule has 2 nitrogen and oxygen atoms in total. The number of aliphatic hydroxyl groups is 1. The first kappa shape index (κ1) is 17.0. The minimum Gasteiger partial charge on any atom is -1.00 e. The Bertz CT molecular complexity index is 820. The third-order valence-corrected chi connectivity index (χ3v) is 4.86. The summed E-state index contributed by atoms with van der Waals surface area (Å²) in [6.07, 6.45) is 0.790. The van der Waals surface area contributed by atoms with E-state index in [0.717, 1.165) is 25.1 Å². The molecule has 0 aromatic heterocycles. The molecule has 0 bridgehead atoms. The highest BCUT2D eigenvalue weighted by atomic mass is 35.5. The molecule has 1 N–H and O–H groups in total. The topological polar surface area (TPSA) is 23.5 Å². The second kappa shape index (κ2) is 6.94. The van der Waals surface area contributed by atoms with Crippen LogP contribution in [0.5, 0.6) is 0 Å². The number of benzene rings is 3. The molecular formula is C21H21ClNO-. The van der Waals surface area contributed by atoms with Gasteiger partial charge < -0.3 is 17.5 Å². The van der Waals surface area contributed by atoms with Crippen LogP contribution in [0.2, 0.25) is 0 Å². The van der Waals surface area contributed by atoms with E-state index < -0.39 is 5.60 Å². The van der Waals surface area contributed by atoms with Crippen molar-refractivity contribution in [2.24, 2.45) is 0 Å². The Morgan fingerprint density at radius 1 is 0.875 bits per heavy atom. The summed E-state index contributed by atoms with van der Waals surface area (Å²) in [4.78, 5) is 2.34. The Morgan fingerprint density at radius 2 is 1.58 bits per heavy atom. The van der Waals surface area contributed by atoms with Gasteiger partial charge in [0.1, 0.15) is 5.60 Å². The van der Waals surface area contributed by atoms with Gasteiger partial charge in [-0.2, -0.15) is 0 Å². The average molecular weight is 339 g/mol. The molecule has 0 aliphatic carbocycles. The zero-order valence-corrected chi connectivity index (χ0v) is 14.3. The highest BCUT2D eigenvalue weighted by molar-refractivity contribution is 5.83. The predicted molar refractivity (Wildman–Crippen MR) is 94.2 cm³/mol. The predicted octanol–water partition coefficient (Wildman–Crippen LogP) is 0.937. The highest BCUT2D eigenvalue weighted by Crippen LogP contribution is 2.34. The van der Waals surface area contributed by atoms with Crippen LogP contribution in [0.15, 0.2) is 72.8 Å². The molecule has 1 heterocycles. The molecule has 1 aliphatic rings. The van der Waals surface area contributed by atoms with Crippen LogP contribution in [0.1, 0.15) is 17.5 Å². The third-order valence-electron chi connectivity index (χ3n) is 4.86. The third kappa shape index (κ3) is 3.32. The summed E-state index contributed by atoms with van der Waals surface area (Å²) in [6.45, 7) is 2.52. The summed E-state index contributed by atoms with van der Waals surface area (Å²) in [6, 6.07) is 25.1. The second-order valence-electron chi connectivity index (χ2n) is 6.54. The van der Waals surface area contributed by atoms with Gasteiger partial charge in [-0.25, -0.2) is 0 Å². The lowest BCUT2D eigenvalue weighted by Crippen LogP contribution is -3.00. The van der Waals surface area contributed by atoms with Crippen molar-refractivity contribution >= 4 is 10.8 Å². The summed E-state index contributed by atoms with van der Waals surface area (Å²) >= 11 is 0. The fourth-order valence-corrected chi connectivity index (χ4v) is 3.56. The SMILES string of the molecule is OC1(c2ccc3ccccc3c2)CCN(Cc2ccccc2)C1.[Cl-]. The van der Waals surface area contributed by atoms with Gasteiger partial charge in [-0.1, -0.05) is 66.7 Å². The maximum atomic E-state index is 11.1. The zero-order valence-electron chi connectivity index (χ0n) is 13.5. The molecule has 0 amide bonds. The van der Waals surface area contributed by atoms with Gasteiger partial charge in [0.05, 0.1) is 0 Å². The van der Waals surface area contributed by atoms with E-state index in [2.05, 4.69) is 59.5 Å². The molecule has 1 saturated heterocycles. The van der Waals surface area contributed by atoms with Gasteiger partial charge in [0, 0.05) is 19.6 Å². The van der Waals surface area contributed by atoms with Gasteiger partial charge in [-0.15, -0.1) is 0 Å². The van der Waals surface area contributed by atoms with Crippen LogP contribution in [0, 0.1) is 0 Å². The Labute approximate surface area is 149 Å². The van der Waals surface area contributed by atoms with Crippen molar-refractivity contribution in [3.8, 4) is 0 Å². The number of rotatable bonds is 3. The van der Waals surface area contributed by atoms with Gasteiger partial charge in [0.25, 0.3) is 0 Å². The van der Waals surface area contributed by atoms with E-state index in [9.17, 15) is 5.11 Å². The van der Waals surface area contributed by atoms with Gasteiger partial charge in [-0.05, 0) is 34.4 Å². The van der Waals surface area contributed by atoms with Crippen LogP contribution in [-0.4, -0.2) is 23.1 Å². The fraction of sp³-hybridized carbons (Fsp3) is 0.238. The molecule has 3 aromatic carbocycles. The molecule has 0 radical (unpaired) electrons. The highest BCUT2D eigenvalue weighted by Gasteiger charge is 2.37. The summed E-state index contributed by atoms with van der Waals surface area (Å²) < 4.78 is 0. The number of hydrogen-bond donors (Lipinski definition) is 1. The molecule has 24 heavy (non-hydrogen) atoms. The van der Waals surface area contributed by atoms with E-state index >= 15 is 0 Å². The van der Waals surface area contributed by atoms with Crippen molar-refractivity contribution in [3.63, 3.8) is 0 Å². The van der Waals surface area contributed by atoms with Crippen LogP contribution in [0.3, 0.4) is 0 Å². The Kier molecular flexibility index (Phi) is 4.91. The van der Waals surface area contributed by atoms with Crippen molar-refractivity contribution in [1.82, 2.24) is 4.90 Å². The fourth-order valence-electron chi connectivity index (χ4n) is 3.56. The largest absolute Gasteiger partial charge is 1.00 e. The van der Waals surface area contributed by atoms with Crippen molar-refractivity contribution in [2.75, 3.05) is 13.1 Å². The summed E-state index contributed by atoms with van der Waals surface area (Å²) in [5, 5.41) is 13.5. The van der Waals surface area contributed by atoms with Crippen molar-refractivity contribution < 1.29 is 17.5 Å². The van der Waals surface area contributed by atoms with Gasteiger partial charge in [0.15, 0.2) is 0 Å². The average Bonchev–Trinajstić information content (AvgIpc) is 2.97. The van der Waals surface area contributed by atoms with E-state index in [1.54, 1.807) is 0 Å². The standard InChI is InChI=1S/C21H21NO.ClH/c23-21(20-11-10-18-8-4-5-9-19(18)14-20)12-13-22(16-21)15-17-6-2-1-3-7-17;/h1-11,14,23H,12-13,15-16H2;1H/p-1. The molecule has 3 aromatic rings. The van der Waals surface area contributed by atoms with E-state index in [1.165, 1.54) is 16.3 Å². The lowest BCUT2D eigenvalue weighted by atomic mass is 9.91. The van der Waals surface area contributed by atoms with Crippen molar-refractivity contribution in [3.05, 3.63) is 83.9 Å². The van der Waals surface area contributed by atoms with Crippen molar-refractivity contribution in [2.45, 2.75) is 18.6 Å². The number of fused-ring (bicyclic) bond motifs is 1. The quantitative estimate of drug-likeness (QED) is 0.768.